The van der Waals surface area contributed by atoms with Crippen LogP contribution in [0.2, 0.25) is 0 Å². The van der Waals surface area contributed by atoms with Gasteiger partial charge in [-0.25, -0.2) is 0 Å². The number of ether oxygens (including phenoxy) is 1. The third-order valence-corrected chi connectivity index (χ3v) is 5.01. The van der Waals surface area contributed by atoms with Gasteiger partial charge in [0.15, 0.2) is 0 Å². The zero-order valence-electron chi connectivity index (χ0n) is 13.4. The lowest BCUT2D eigenvalue weighted by atomic mass is 10.1. The molecule has 0 radical (unpaired) electrons. The Labute approximate surface area is 125 Å². The van der Waals surface area contributed by atoms with Crippen LogP contribution in [-0.4, -0.2) is 27.9 Å². The summed E-state index contributed by atoms with van der Waals surface area (Å²) in [5.41, 5.74) is 1.14. The predicted octanol–water partition coefficient (Wildman–Crippen LogP) is 3.28. The molecule has 0 aromatic heterocycles. The molecule has 2 atom stereocenters. The van der Waals surface area contributed by atoms with Crippen molar-refractivity contribution in [2.24, 2.45) is 0 Å². The van der Waals surface area contributed by atoms with Crippen LogP contribution in [0.3, 0.4) is 0 Å². The van der Waals surface area contributed by atoms with Gasteiger partial charge >= 0.3 is 0 Å². The van der Waals surface area contributed by atoms with Crippen molar-refractivity contribution >= 4 is 10.8 Å². The molecule has 0 bridgehead atoms. The molecule has 0 aliphatic rings. The minimum Gasteiger partial charge on any atom is -0.491 e. The van der Waals surface area contributed by atoms with E-state index in [1.165, 1.54) is 0 Å². The maximum atomic E-state index is 12.3. The van der Waals surface area contributed by atoms with Gasteiger partial charge in [-0.3, -0.25) is 4.21 Å². The van der Waals surface area contributed by atoms with Gasteiger partial charge in [0.2, 0.25) is 0 Å². The molecule has 114 valence electrons. The summed E-state index contributed by atoms with van der Waals surface area (Å²) in [6, 6.07) is 8.12. The second-order valence-corrected chi connectivity index (χ2v) is 8.45. The number of benzene rings is 1. The predicted molar refractivity (Wildman–Crippen MR) is 86.8 cm³/mol. The van der Waals surface area contributed by atoms with Crippen LogP contribution in [0.4, 0.5) is 0 Å². The van der Waals surface area contributed by atoms with Crippen molar-refractivity contribution in [1.29, 1.82) is 0 Å². The van der Waals surface area contributed by atoms with Gasteiger partial charge in [0.05, 0.1) is 6.10 Å². The van der Waals surface area contributed by atoms with Crippen molar-refractivity contribution in [3.8, 4) is 5.75 Å². The molecule has 1 rings (SSSR count). The summed E-state index contributed by atoms with van der Waals surface area (Å²) >= 11 is 0. The van der Waals surface area contributed by atoms with Crippen molar-refractivity contribution in [1.82, 2.24) is 5.32 Å². The Hall–Kier alpha value is -0.870. The van der Waals surface area contributed by atoms with E-state index in [-0.39, 0.29) is 16.9 Å². The van der Waals surface area contributed by atoms with Crippen molar-refractivity contribution in [3.63, 3.8) is 0 Å². The Morgan fingerprint density at radius 2 is 1.75 bits per heavy atom. The smallest absolute Gasteiger partial charge is 0.119 e. The lowest BCUT2D eigenvalue weighted by Gasteiger charge is -2.23. The van der Waals surface area contributed by atoms with E-state index in [0.717, 1.165) is 11.3 Å². The van der Waals surface area contributed by atoms with Crippen molar-refractivity contribution in [2.45, 2.75) is 51.5 Å². The summed E-state index contributed by atoms with van der Waals surface area (Å²) < 4.78 is 17.7. The maximum Gasteiger partial charge on any atom is 0.119 e. The first-order chi connectivity index (χ1) is 9.24. The monoisotopic (exact) mass is 297 g/mol. The highest BCUT2D eigenvalue weighted by molar-refractivity contribution is 7.86. The van der Waals surface area contributed by atoms with E-state index in [9.17, 15) is 4.21 Å². The van der Waals surface area contributed by atoms with Gasteiger partial charge in [-0.05, 0) is 59.4 Å². The molecule has 20 heavy (non-hydrogen) atoms. The Bertz CT molecular complexity index is 435. The van der Waals surface area contributed by atoms with E-state index in [4.69, 9.17) is 4.74 Å². The normalized spacial score (nSPS) is 15.2. The maximum absolute atomic E-state index is 12.3. The van der Waals surface area contributed by atoms with E-state index >= 15 is 0 Å². The number of hydrogen-bond donors (Lipinski definition) is 1. The molecule has 0 amide bonds. The summed E-state index contributed by atoms with van der Waals surface area (Å²) in [5, 5.41) is 3.25. The molecular weight excluding hydrogens is 270 g/mol. The Morgan fingerprint density at radius 1 is 1.20 bits per heavy atom. The van der Waals surface area contributed by atoms with Gasteiger partial charge in [-0.15, -0.1) is 0 Å². The summed E-state index contributed by atoms with van der Waals surface area (Å²) in [5.74, 6) is 1.49. The van der Waals surface area contributed by atoms with Crippen LogP contribution in [0.5, 0.6) is 5.75 Å². The Morgan fingerprint density at radius 3 is 2.15 bits per heavy atom. The van der Waals surface area contributed by atoms with Crippen molar-refractivity contribution in [3.05, 3.63) is 29.8 Å². The first-order valence-corrected chi connectivity index (χ1v) is 8.38. The molecule has 0 saturated carbocycles. The average Bonchev–Trinajstić information content (AvgIpc) is 2.35. The standard InChI is InChI=1S/C16H27NO2S/c1-12(2)19-14-9-7-13(8-10-14)15(17-6)11-20(18)16(3,4)5/h7-10,12,15,17H,11H2,1-6H3. The molecule has 0 aliphatic heterocycles. The molecule has 2 unspecified atom stereocenters. The molecule has 0 fully saturated rings. The first-order valence-electron chi connectivity index (χ1n) is 7.06. The Balaban J connectivity index is 2.78. The largest absolute Gasteiger partial charge is 0.491 e. The number of hydrogen-bond acceptors (Lipinski definition) is 3. The van der Waals surface area contributed by atoms with E-state index in [1.807, 2.05) is 65.9 Å². The molecular formula is C16H27NO2S. The number of rotatable bonds is 6. The molecule has 3 nitrogen and oxygen atoms in total. The van der Waals surface area contributed by atoms with Crippen LogP contribution in [0.1, 0.15) is 46.2 Å². The fourth-order valence-electron chi connectivity index (χ4n) is 1.80. The van der Waals surface area contributed by atoms with Crippen LogP contribution < -0.4 is 10.1 Å². The lowest BCUT2D eigenvalue weighted by Crippen LogP contribution is -2.31. The van der Waals surface area contributed by atoms with Crippen LogP contribution in [0.25, 0.3) is 0 Å². The van der Waals surface area contributed by atoms with Gasteiger partial charge in [-0.2, -0.15) is 0 Å². The molecule has 0 aliphatic carbocycles. The lowest BCUT2D eigenvalue weighted by molar-refractivity contribution is 0.242. The second-order valence-electron chi connectivity index (χ2n) is 6.20. The summed E-state index contributed by atoms with van der Waals surface area (Å²) in [6.45, 7) is 10.0. The van der Waals surface area contributed by atoms with Crippen molar-refractivity contribution in [2.75, 3.05) is 12.8 Å². The number of nitrogens with one attached hydrogen (secondary N) is 1. The average molecular weight is 297 g/mol. The quantitative estimate of drug-likeness (QED) is 0.875. The minimum absolute atomic E-state index is 0.100. The van der Waals surface area contributed by atoms with Gasteiger partial charge < -0.3 is 10.1 Å². The zero-order chi connectivity index (χ0) is 15.3. The van der Waals surface area contributed by atoms with Crippen molar-refractivity contribution < 1.29 is 8.95 Å². The third-order valence-electron chi connectivity index (χ3n) is 3.00. The van der Waals surface area contributed by atoms with Gasteiger partial charge in [-0.1, -0.05) is 12.1 Å². The first kappa shape index (κ1) is 17.2. The highest BCUT2D eigenvalue weighted by atomic mass is 32.2. The fraction of sp³-hybridized carbons (Fsp3) is 0.625. The van der Waals surface area contributed by atoms with Crippen LogP contribution in [-0.2, 0) is 10.8 Å². The SMILES string of the molecule is CNC(CS(=O)C(C)(C)C)c1ccc(OC(C)C)cc1. The van der Waals surface area contributed by atoms with Crippen LogP contribution in [0.15, 0.2) is 24.3 Å². The van der Waals surface area contributed by atoms with Crippen LogP contribution >= 0.6 is 0 Å². The van der Waals surface area contributed by atoms with E-state index in [2.05, 4.69) is 5.32 Å². The molecule has 0 saturated heterocycles. The second kappa shape index (κ2) is 7.23. The highest BCUT2D eigenvalue weighted by Gasteiger charge is 2.23. The fourth-order valence-corrected chi connectivity index (χ4v) is 2.96. The van der Waals surface area contributed by atoms with E-state index in [0.29, 0.717) is 5.75 Å². The summed E-state index contributed by atoms with van der Waals surface area (Å²) in [4.78, 5) is 0. The molecule has 1 aromatic rings. The van der Waals surface area contributed by atoms with E-state index in [1.54, 1.807) is 0 Å². The molecule has 0 spiro atoms. The molecule has 4 heteroatoms. The minimum atomic E-state index is -0.876. The topological polar surface area (TPSA) is 38.3 Å². The van der Waals surface area contributed by atoms with E-state index < -0.39 is 10.8 Å². The zero-order valence-corrected chi connectivity index (χ0v) is 14.2. The third kappa shape index (κ3) is 5.25. The van der Waals surface area contributed by atoms with Gasteiger partial charge in [0.1, 0.15) is 5.75 Å². The molecule has 0 heterocycles. The van der Waals surface area contributed by atoms with Crippen LogP contribution in [0, 0.1) is 0 Å². The highest BCUT2D eigenvalue weighted by Crippen LogP contribution is 2.22. The van der Waals surface area contributed by atoms with Gasteiger partial charge in [0.25, 0.3) is 0 Å². The molecule has 1 N–H and O–H groups in total. The Kier molecular flexibility index (Phi) is 6.21. The summed E-state index contributed by atoms with van der Waals surface area (Å²) in [7, 11) is 1.03. The molecule has 1 aromatic carbocycles. The van der Waals surface area contributed by atoms with Gasteiger partial charge in [0, 0.05) is 27.3 Å². The summed E-state index contributed by atoms with van der Waals surface area (Å²) in [6.07, 6.45) is 0.175.